The molecule has 3 rings (SSSR count). The predicted octanol–water partition coefficient (Wildman–Crippen LogP) is 3.05. The van der Waals surface area contributed by atoms with Crippen molar-refractivity contribution < 1.29 is 0 Å². The summed E-state index contributed by atoms with van der Waals surface area (Å²) in [4.78, 5) is 2.47. The van der Waals surface area contributed by atoms with E-state index < -0.39 is 0 Å². The molecule has 68 valence electrons. The molecule has 0 aromatic heterocycles. The van der Waals surface area contributed by atoms with E-state index in [0.29, 0.717) is 0 Å². The van der Waals surface area contributed by atoms with Gasteiger partial charge in [-0.15, -0.1) is 0 Å². The summed E-state index contributed by atoms with van der Waals surface area (Å²) in [5.41, 5.74) is 2.11. The van der Waals surface area contributed by atoms with Gasteiger partial charge in [-0.25, -0.2) is 0 Å². The predicted molar refractivity (Wildman–Crippen MR) is 58.0 cm³/mol. The van der Waals surface area contributed by atoms with E-state index in [2.05, 4.69) is 45.1 Å². The van der Waals surface area contributed by atoms with Crippen LogP contribution in [-0.4, -0.2) is 13.1 Å². The Morgan fingerprint density at radius 3 is 2.46 bits per heavy atom. The van der Waals surface area contributed by atoms with Crippen LogP contribution in [0.25, 0.3) is 0 Å². The largest absolute Gasteiger partial charge is 0.369 e. The molecule has 0 bridgehead atoms. The van der Waals surface area contributed by atoms with Gasteiger partial charge in [-0.1, -0.05) is 12.1 Å². The van der Waals surface area contributed by atoms with Crippen molar-refractivity contribution in [3.63, 3.8) is 0 Å². The van der Waals surface area contributed by atoms with Gasteiger partial charge in [-0.2, -0.15) is 0 Å². The Kier molecular flexibility index (Phi) is 1.51. The molecule has 2 heteroatoms. The quantitative estimate of drug-likeness (QED) is 0.726. The maximum absolute atomic E-state index is 3.59. The highest BCUT2D eigenvalue weighted by molar-refractivity contribution is 9.10. The molecule has 0 atom stereocenters. The molecule has 1 aromatic carbocycles. The van der Waals surface area contributed by atoms with E-state index in [-0.39, 0.29) is 0 Å². The van der Waals surface area contributed by atoms with E-state index in [9.17, 15) is 0 Å². The zero-order valence-electron chi connectivity index (χ0n) is 7.46. The zero-order chi connectivity index (χ0) is 8.89. The van der Waals surface area contributed by atoms with Crippen LogP contribution in [0.15, 0.2) is 28.7 Å². The maximum Gasteiger partial charge on any atom is 0.0511 e. The van der Waals surface area contributed by atoms with Crippen LogP contribution in [-0.2, 0) is 0 Å². The van der Waals surface area contributed by atoms with Gasteiger partial charge in [0.2, 0.25) is 0 Å². The minimum atomic E-state index is 0.745. The second kappa shape index (κ2) is 2.50. The van der Waals surface area contributed by atoms with Crippen molar-refractivity contribution >= 4 is 21.6 Å². The third-order valence-corrected chi connectivity index (χ3v) is 3.87. The Balaban J connectivity index is 1.82. The average molecular weight is 238 g/mol. The van der Waals surface area contributed by atoms with Gasteiger partial charge in [-0.3, -0.25) is 0 Å². The fourth-order valence-electron chi connectivity index (χ4n) is 2.13. The minimum Gasteiger partial charge on any atom is -0.369 e. The Hall–Kier alpha value is -0.500. The Morgan fingerprint density at radius 2 is 1.85 bits per heavy atom. The molecule has 0 amide bonds. The molecular formula is C11H12BrN. The molecule has 2 fully saturated rings. The first-order valence-corrected chi connectivity index (χ1v) is 5.58. The summed E-state index contributed by atoms with van der Waals surface area (Å²) >= 11 is 3.59. The van der Waals surface area contributed by atoms with Gasteiger partial charge in [-0.05, 0) is 40.9 Å². The van der Waals surface area contributed by atoms with Crippen molar-refractivity contribution in [2.75, 3.05) is 18.0 Å². The molecule has 13 heavy (non-hydrogen) atoms. The monoisotopic (exact) mass is 237 g/mol. The molecular weight excluding hydrogens is 226 g/mol. The number of hydrogen-bond acceptors (Lipinski definition) is 1. The highest BCUT2D eigenvalue weighted by Gasteiger charge is 2.52. The number of anilines is 1. The van der Waals surface area contributed by atoms with Crippen LogP contribution in [0.5, 0.6) is 0 Å². The lowest BCUT2D eigenvalue weighted by molar-refractivity contribution is 0.387. The molecule has 1 saturated carbocycles. The van der Waals surface area contributed by atoms with Crippen molar-refractivity contribution in [3.05, 3.63) is 28.7 Å². The normalized spacial score (nSPS) is 23.0. The molecule has 1 nitrogen and oxygen atoms in total. The summed E-state index contributed by atoms with van der Waals surface area (Å²) in [6, 6.07) is 8.49. The van der Waals surface area contributed by atoms with Gasteiger partial charge in [0.25, 0.3) is 0 Å². The van der Waals surface area contributed by atoms with Gasteiger partial charge >= 0.3 is 0 Å². The van der Waals surface area contributed by atoms with E-state index in [1.165, 1.54) is 36.1 Å². The van der Waals surface area contributed by atoms with Crippen LogP contribution >= 0.6 is 15.9 Å². The fourth-order valence-corrected chi connectivity index (χ4v) is 2.67. The molecule has 1 aromatic rings. The molecule has 1 aliphatic carbocycles. The van der Waals surface area contributed by atoms with Crippen LogP contribution in [0.3, 0.4) is 0 Å². The van der Waals surface area contributed by atoms with E-state index in [0.717, 1.165) is 5.41 Å². The summed E-state index contributed by atoms with van der Waals surface area (Å²) in [5.74, 6) is 0. The molecule has 2 aliphatic rings. The van der Waals surface area contributed by atoms with E-state index >= 15 is 0 Å². The third kappa shape index (κ3) is 1.19. The number of halogens is 1. The van der Waals surface area contributed by atoms with Crippen molar-refractivity contribution in [2.24, 2.45) is 5.41 Å². The number of hydrogen-bond donors (Lipinski definition) is 0. The first-order valence-electron chi connectivity index (χ1n) is 4.79. The van der Waals surface area contributed by atoms with E-state index in [1.54, 1.807) is 0 Å². The molecule has 1 aliphatic heterocycles. The van der Waals surface area contributed by atoms with E-state index in [1.807, 2.05) is 0 Å². The highest BCUT2D eigenvalue weighted by Crippen LogP contribution is 2.54. The maximum atomic E-state index is 3.59. The number of para-hydroxylation sites is 1. The van der Waals surface area contributed by atoms with Gasteiger partial charge < -0.3 is 4.90 Å². The van der Waals surface area contributed by atoms with E-state index in [4.69, 9.17) is 0 Å². The average Bonchev–Trinajstić information content (AvgIpc) is 2.82. The summed E-state index contributed by atoms with van der Waals surface area (Å²) < 4.78 is 1.23. The first kappa shape index (κ1) is 7.86. The van der Waals surface area contributed by atoms with Crippen LogP contribution in [0, 0.1) is 5.41 Å². The van der Waals surface area contributed by atoms with Crippen molar-refractivity contribution in [1.29, 1.82) is 0 Å². The van der Waals surface area contributed by atoms with Crippen LogP contribution < -0.4 is 4.90 Å². The Bertz CT molecular complexity index is 336. The lowest BCUT2D eigenvalue weighted by atomic mass is 9.96. The summed E-state index contributed by atoms with van der Waals surface area (Å²) in [6.07, 6.45) is 2.90. The van der Waals surface area contributed by atoms with Gasteiger partial charge in [0.15, 0.2) is 0 Å². The molecule has 0 unspecified atom stereocenters. The lowest BCUT2D eigenvalue weighted by Gasteiger charge is -2.42. The van der Waals surface area contributed by atoms with Crippen molar-refractivity contribution in [2.45, 2.75) is 12.8 Å². The molecule has 1 heterocycles. The number of benzene rings is 1. The summed E-state index contributed by atoms with van der Waals surface area (Å²) in [5, 5.41) is 0. The summed E-state index contributed by atoms with van der Waals surface area (Å²) in [6.45, 7) is 2.55. The molecule has 1 spiro atoms. The van der Waals surface area contributed by atoms with Crippen LogP contribution in [0.1, 0.15) is 12.8 Å². The zero-order valence-corrected chi connectivity index (χ0v) is 9.05. The van der Waals surface area contributed by atoms with Gasteiger partial charge in [0, 0.05) is 23.0 Å². The van der Waals surface area contributed by atoms with Crippen LogP contribution in [0.4, 0.5) is 5.69 Å². The SMILES string of the molecule is Brc1ccccc1N1CC2(CC2)C1. The van der Waals surface area contributed by atoms with Crippen molar-refractivity contribution in [1.82, 2.24) is 0 Å². The fraction of sp³-hybridized carbons (Fsp3) is 0.455. The highest BCUT2D eigenvalue weighted by atomic mass is 79.9. The number of nitrogens with zero attached hydrogens (tertiary/aromatic N) is 1. The molecule has 0 N–H and O–H groups in total. The van der Waals surface area contributed by atoms with Gasteiger partial charge in [0.05, 0.1) is 5.69 Å². The second-order valence-corrected chi connectivity index (χ2v) is 5.16. The Morgan fingerprint density at radius 1 is 1.15 bits per heavy atom. The lowest BCUT2D eigenvalue weighted by Crippen LogP contribution is -2.48. The first-order chi connectivity index (χ1) is 6.29. The molecule has 0 radical (unpaired) electrons. The Labute approximate surface area is 86.9 Å². The minimum absolute atomic E-state index is 0.745. The smallest absolute Gasteiger partial charge is 0.0511 e. The standard InChI is InChI=1S/C11H12BrN/c12-9-3-1-2-4-10(9)13-7-11(8-13)5-6-11/h1-4H,5-8H2. The summed E-state index contributed by atoms with van der Waals surface area (Å²) in [7, 11) is 0. The van der Waals surface area contributed by atoms with Crippen LogP contribution in [0.2, 0.25) is 0 Å². The third-order valence-electron chi connectivity index (χ3n) is 3.20. The number of rotatable bonds is 1. The second-order valence-electron chi connectivity index (χ2n) is 4.31. The topological polar surface area (TPSA) is 3.24 Å². The molecule has 1 saturated heterocycles. The van der Waals surface area contributed by atoms with Crippen molar-refractivity contribution in [3.8, 4) is 0 Å². The van der Waals surface area contributed by atoms with Gasteiger partial charge in [0.1, 0.15) is 0 Å².